The van der Waals surface area contributed by atoms with Crippen LogP contribution in [0.25, 0.3) is 0 Å². The Kier molecular flexibility index (Phi) is 6.94. The van der Waals surface area contributed by atoms with Gasteiger partial charge >= 0.3 is 5.97 Å². The van der Waals surface area contributed by atoms with Crippen molar-refractivity contribution in [3.63, 3.8) is 0 Å². The van der Waals surface area contributed by atoms with E-state index in [2.05, 4.69) is 17.6 Å². The molecule has 2 aromatic rings. The molecule has 3 rings (SSSR count). The first-order chi connectivity index (χ1) is 14.1. The van der Waals surface area contributed by atoms with Gasteiger partial charge in [0.15, 0.2) is 17.6 Å². The molecule has 1 atom stereocenters. The summed E-state index contributed by atoms with van der Waals surface area (Å²) >= 11 is 0. The molecule has 0 unspecified atom stereocenters. The molecule has 7 nitrogen and oxygen atoms in total. The van der Waals surface area contributed by atoms with Gasteiger partial charge in [-0.3, -0.25) is 4.79 Å². The molecule has 2 aromatic carbocycles. The lowest BCUT2D eigenvalue weighted by molar-refractivity contribution is -0.129. The average Bonchev–Trinajstić information content (AvgIpc) is 3.20. The summed E-state index contributed by atoms with van der Waals surface area (Å²) in [6.45, 7) is 4.93. The monoisotopic (exact) mass is 398 g/mol. The minimum absolute atomic E-state index is 0.201. The van der Waals surface area contributed by atoms with E-state index in [1.165, 1.54) is 0 Å². The van der Waals surface area contributed by atoms with E-state index in [0.717, 1.165) is 24.9 Å². The van der Waals surface area contributed by atoms with Crippen molar-refractivity contribution in [2.75, 3.05) is 18.7 Å². The van der Waals surface area contributed by atoms with E-state index < -0.39 is 12.1 Å². The zero-order chi connectivity index (χ0) is 20.6. The molecule has 7 heteroatoms. The first-order valence-corrected chi connectivity index (χ1v) is 9.78. The van der Waals surface area contributed by atoms with Gasteiger partial charge in [-0.15, -0.1) is 0 Å². The highest BCUT2D eigenvalue weighted by Crippen LogP contribution is 2.32. The van der Waals surface area contributed by atoms with E-state index in [-0.39, 0.29) is 12.7 Å². The second-order valence-corrected chi connectivity index (χ2v) is 6.78. The van der Waals surface area contributed by atoms with Crippen LogP contribution in [0.2, 0.25) is 0 Å². The second-order valence-electron chi connectivity index (χ2n) is 6.78. The highest BCUT2D eigenvalue weighted by atomic mass is 16.7. The molecule has 0 bridgehead atoms. The molecule has 0 saturated carbocycles. The Morgan fingerprint density at radius 1 is 1.14 bits per heavy atom. The third kappa shape index (κ3) is 5.40. The molecule has 1 heterocycles. The molecule has 0 saturated heterocycles. The van der Waals surface area contributed by atoms with Gasteiger partial charge in [0.05, 0.1) is 5.56 Å². The van der Waals surface area contributed by atoms with Crippen LogP contribution in [0.3, 0.4) is 0 Å². The van der Waals surface area contributed by atoms with Crippen LogP contribution >= 0.6 is 0 Å². The van der Waals surface area contributed by atoms with E-state index in [1.807, 2.05) is 24.3 Å². The number of benzene rings is 2. The van der Waals surface area contributed by atoms with E-state index in [0.29, 0.717) is 29.3 Å². The first kappa shape index (κ1) is 20.5. The largest absolute Gasteiger partial charge is 0.454 e. The van der Waals surface area contributed by atoms with Gasteiger partial charge in [0.2, 0.25) is 6.79 Å². The van der Waals surface area contributed by atoms with Crippen LogP contribution < -0.4 is 20.1 Å². The van der Waals surface area contributed by atoms with Crippen molar-refractivity contribution in [3.8, 4) is 11.5 Å². The minimum atomic E-state index is -0.916. The zero-order valence-electron chi connectivity index (χ0n) is 16.7. The predicted octanol–water partition coefficient (Wildman–Crippen LogP) is 3.49. The van der Waals surface area contributed by atoms with Crippen molar-refractivity contribution < 1.29 is 23.8 Å². The summed E-state index contributed by atoms with van der Waals surface area (Å²) in [6, 6.07) is 12.6. The molecular formula is C22H26N2O5. The fraction of sp³-hybridized carbons (Fsp3) is 0.364. The molecule has 0 radical (unpaired) electrons. The Morgan fingerprint density at radius 2 is 1.93 bits per heavy atom. The number of carbonyl (C=O) groups excluding carboxylic acids is 2. The standard InChI is InChI=1S/C22H26N2O5/c1-3-4-11-23-18-8-6-5-7-17(18)22(26)29-15(2)21(25)24-13-16-9-10-19-20(12-16)28-14-27-19/h5-10,12,15,23H,3-4,11,13-14H2,1-2H3,(H,24,25)/t15-/m1/s1. The topological polar surface area (TPSA) is 85.9 Å². The summed E-state index contributed by atoms with van der Waals surface area (Å²) in [4.78, 5) is 24.9. The summed E-state index contributed by atoms with van der Waals surface area (Å²) in [5.74, 6) is 0.444. The highest BCUT2D eigenvalue weighted by Gasteiger charge is 2.21. The summed E-state index contributed by atoms with van der Waals surface area (Å²) < 4.78 is 16.0. The Morgan fingerprint density at radius 3 is 2.76 bits per heavy atom. The molecule has 0 aliphatic carbocycles. The van der Waals surface area contributed by atoms with Crippen LogP contribution in [0.5, 0.6) is 11.5 Å². The smallest absolute Gasteiger partial charge is 0.341 e. The van der Waals surface area contributed by atoms with Crippen LogP contribution in [0, 0.1) is 0 Å². The molecule has 154 valence electrons. The number of esters is 1. The van der Waals surface area contributed by atoms with Gasteiger partial charge < -0.3 is 24.8 Å². The van der Waals surface area contributed by atoms with Crippen LogP contribution in [-0.2, 0) is 16.1 Å². The van der Waals surface area contributed by atoms with Crippen molar-refractivity contribution >= 4 is 17.6 Å². The number of para-hydroxylation sites is 1. The fourth-order valence-electron chi connectivity index (χ4n) is 2.88. The lowest BCUT2D eigenvalue weighted by atomic mass is 10.1. The minimum Gasteiger partial charge on any atom is -0.454 e. The van der Waals surface area contributed by atoms with Crippen LogP contribution in [0.1, 0.15) is 42.6 Å². The summed E-state index contributed by atoms with van der Waals surface area (Å²) in [5, 5.41) is 6.02. The number of ether oxygens (including phenoxy) is 3. The molecular weight excluding hydrogens is 372 g/mol. The summed E-state index contributed by atoms with van der Waals surface area (Å²) in [6.07, 6.45) is 1.14. The number of fused-ring (bicyclic) bond motifs is 1. The maximum atomic E-state index is 12.5. The second kappa shape index (κ2) is 9.82. The van der Waals surface area contributed by atoms with Gasteiger partial charge in [-0.2, -0.15) is 0 Å². The molecule has 1 aliphatic rings. The molecule has 29 heavy (non-hydrogen) atoms. The van der Waals surface area contributed by atoms with Crippen molar-refractivity contribution in [3.05, 3.63) is 53.6 Å². The number of rotatable bonds is 9. The van der Waals surface area contributed by atoms with E-state index >= 15 is 0 Å². The number of unbranched alkanes of at least 4 members (excludes halogenated alkanes) is 1. The molecule has 1 aliphatic heterocycles. The van der Waals surface area contributed by atoms with E-state index in [9.17, 15) is 9.59 Å². The molecule has 2 N–H and O–H groups in total. The van der Waals surface area contributed by atoms with E-state index in [4.69, 9.17) is 14.2 Å². The van der Waals surface area contributed by atoms with Crippen LogP contribution in [0.4, 0.5) is 5.69 Å². The van der Waals surface area contributed by atoms with Gasteiger partial charge in [0, 0.05) is 18.8 Å². The van der Waals surface area contributed by atoms with Crippen molar-refractivity contribution in [2.24, 2.45) is 0 Å². The normalized spacial score (nSPS) is 12.9. The molecule has 1 amide bonds. The van der Waals surface area contributed by atoms with Crippen molar-refractivity contribution in [1.29, 1.82) is 0 Å². The third-order valence-electron chi connectivity index (χ3n) is 4.55. The Balaban J connectivity index is 1.53. The van der Waals surface area contributed by atoms with Gasteiger partial charge in [-0.05, 0) is 43.2 Å². The number of nitrogens with one attached hydrogen (secondary N) is 2. The Labute approximate surface area is 170 Å². The van der Waals surface area contributed by atoms with Crippen LogP contribution in [-0.4, -0.2) is 31.3 Å². The average molecular weight is 398 g/mol. The van der Waals surface area contributed by atoms with Crippen molar-refractivity contribution in [2.45, 2.75) is 39.3 Å². The maximum absolute atomic E-state index is 12.5. The highest BCUT2D eigenvalue weighted by molar-refractivity contribution is 5.97. The number of hydrogen-bond acceptors (Lipinski definition) is 6. The zero-order valence-corrected chi connectivity index (χ0v) is 16.7. The quantitative estimate of drug-likeness (QED) is 0.497. The van der Waals surface area contributed by atoms with Gasteiger partial charge in [-0.1, -0.05) is 31.5 Å². The number of anilines is 1. The van der Waals surface area contributed by atoms with Gasteiger partial charge in [-0.25, -0.2) is 4.79 Å². The SMILES string of the molecule is CCCCNc1ccccc1C(=O)O[C@H](C)C(=O)NCc1ccc2c(c1)OCO2. The number of carbonyl (C=O) groups is 2. The number of amides is 1. The summed E-state index contributed by atoms with van der Waals surface area (Å²) in [7, 11) is 0. The maximum Gasteiger partial charge on any atom is 0.341 e. The van der Waals surface area contributed by atoms with Gasteiger partial charge in [0.1, 0.15) is 0 Å². The predicted molar refractivity (Wildman–Crippen MR) is 109 cm³/mol. The molecule has 0 aromatic heterocycles. The van der Waals surface area contributed by atoms with Crippen molar-refractivity contribution in [1.82, 2.24) is 5.32 Å². The lowest BCUT2D eigenvalue weighted by Crippen LogP contribution is -2.35. The number of hydrogen-bond donors (Lipinski definition) is 2. The fourth-order valence-corrected chi connectivity index (χ4v) is 2.88. The summed E-state index contributed by atoms with van der Waals surface area (Å²) in [5.41, 5.74) is 1.99. The lowest BCUT2D eigenvalue weighted by Gasteiger charge is -2.16. The Hall–Kier alpha value is -3.22. The molecule has 0 spiro atoms. The van der Waals surface area contributed by atoms with Gasteiger partial charge in [0.25, 0.3) is 5.91 Å². The molecule has 0 fully saturated rings. The first-order valence-electron chi connectivity index (χ1n) is 9.78. The third-order valence-corrected chi connectivity index (χ3v) is 4.55. The Bertz CT molecular complexity index is 868. The van der Waals surface area contributed by atoms with Crippen LogP contribution in [0.15, 0.2) is 42.5 Å². The van der Waals surface area contributed by atoms with E-state index in [1.54, 1.807) is 25.1 Å².